The summed E-state index contributed by atoms with van der Waals surface area (Å²) in [6, 6.07) is 6.12. The van der Waals surface area contributed by atoms with Gasteiger partial charge in [0.05, 0.1) is 6.10 Å². The molecular formula is C15H21N5O. The Hall–Kier alpha value is -1.76. The van der Waals surface area contributed by atoms with E-state index in [0.29, 0.717) is 11.9 Å². The fraction of sp³-hybridized carbons (Fsp3) is 0.467. The number of fused-ring (bicyclic) bond motifs is 1. The van der Waals surface area contributed by atoms with Crippen molar-refractivity contribution in [2.24, 2.45) is 17.2 Å². The van der Waals surface area contributed by atoms with Gasteiger partial charge in [-0.15, -0.1) is 0 Å². The highest BCUT2D eigenvalue weighted by molar-refractivity contribution is 5.83. The molecule has 1 aliphatic carbocycles. The Balaban J connectivity index is 1.88. The van der Waals surface area contributed by atoms with E-state index in [9.17, 15) is 0 Å². The molecular weight excluding hydrogens is 266 g/mol. The number of rotatable bonds is 3. The predicted molar refractivity (Wildman–Crippen MR) is 81.5 cm³/mol. The zero-order valence-electron chi connectivity index (χ0n) is 11.9. The zero-order chi connectivity index (χ0) is 14.8. The molecule has 6 heteroatoms. The SMILES string of the molecule is NC1CCC(Oc2cccc3cnc(C(N)N)nc23)CC1. The first-order valence-corrected chi connectivity index (χ1v) is 7.32. The summed E-state index contributed by atoms with van der Waals surface area (Å²) in [6.45, 7) is 0. The third kappa shape index (κ3) is 3.12. The van der Waals surface area contributed by atoms with Gasteiger partial charge in [-0.1, -0.05) is 12.1 Å². The van der Waals surface area contributed by atoms with Crippen LogP contribution in [0.2, 0.25) is 0 Å². The van der Waals surface area contributed by atoms with Crippen LogP contribution in [0.3, 0.4) is 0 Å². The van der Waals surface area contributed by atoms with E-state index in [-0.39, 0.29) is 6.10 Å². The molecule has 1 aromatic carbocycles. The highest BCUT2D eigenvalue weighted by Crippen LogP contribution is 2.28. The number of para-hydroxylation sites is 1. The van der Waals surface area contributed by atoms with E-state index >= 15 is 0 Å². The van der Waals surface area contributed by atoms with E-state index in [0.717, 1.165) is 42.3 Å². The standard InChI is InChI=1S/C15H21N5O/c16-10-4-6-11(7-5-10)21-12-3-1-2-9-8-19-15(14(17)18)20-13(9)12/h1-3,8,10-11,14H,4-7,16-18H2. The summed E-state index contributed by atoms with van der Waals surface area (Å²) in [6.07, 6.45) is 5.20. The lowest BCUT2D eigenvalue weighted by Crippen LogP contribution is -2.31. The quantitative estimate of drug-likeness (QED) is 0.731. The van der Waals surface area contributed by atoms with Gasteiger partial charge in [0.2, 0.25) is 0 Å². The van der Waals surface area contributed by atoms with E-state index in [1.54, 1.807) is 6.20 Å². The second-order valence-corrected chi connectivity index (χ2v) is 5.60. The molecule has 0 radical (unpaired) electrons. The van der Waals surface area contributed by atoms with Crippen LogP contribution in [0.25, 0.3) is 10.9 Å². The second-order valence-electron chi connectivity index (χ2n) is 5.60. The molecule has 1 heterocycles. The van der Waals surface area contributed by atoms with Crippen LogP contribution in [0.1, 0.15) is 37.7 Å². The van der Waals surface area contributed by atoms with Crippen molar-refractivity contribution in [1.82, 2.24) is 9.97 Å². The Morgan fingerprint density at radius 3 is 2.62 bits per heavy atom. The van der Waals surface area contributed by atoms with Crippen molar-refractivity contribution < 1.29 is 4.74 Å². The molecule has 6 N–H and O–H groups in total. The van der Waals surface area contributed by atoms with Gasteiger partial charge in [0, 0.05) is 17.6 Å². The maximum Gasteiger partial charge on any atom is 0.160 e. The summed E-state index contributed by atoms with van der Waals surface area (Å²) in [5, 5.41) is 0.921. The minimum absolute atomic E-state index is 0.195. The molecule has 0 aliphatic heterocycles. The Bertz CT molecular complexity index is 622. The Labute approximate surface area is 123 Å². The molecule has 2 aromatic rings. The Morgan fingerprint density at radius 2 is 1.90 bits per heavy atom. The maximum atomic E-state index is 6.12. The minimum atomic E-state index is -0.685. The largest absolute Gasteiger partial charge is 0.488 e. The lowest BCUT2D eigenvalue weighted by molar-refractivity contribution is 0.149. The van der Waals surface area contributed by atoms with Gasteiger partial charge in [0.1, 0.15) is 17.4 Å². The van der Waals surface area contributed by atoms with Crippen molar-refractivity contribution in [2.45, 2.75) is 44.0 Å². The van der Waals surface area contributed by atoms with Crippen molar-refractivity contribution in [3.05, 3.63) is 30.2 Å². The molecule has 112 valence electrons. The van der Waals surface area contributed by atoms with Crippen LogP contribution in [0.15, 0.2) is 24.4 Å². The second kappa shape index (κ2) is 5.93. The number of hydrogen-bond donors (Lipinski definition) is 3. The number of ether oxygens (including phenoxy) is 1. The van der Waals surface area contributed by atoms with Gasteiger partial charge >= 0.3 is 0 Å². The topological polar surface area (TPSA) is 113 Å². The summed E-state index contributed by atoms with van der Waals surface area (Å²) in [5.41, 5.74) is 18.0. The van der Waals surface area contributed by atoms with E-state index in [4.69, 9.17) is 21.9 Å². The van der Waals surface area contributed by atoms with Crippen LogP contribution in [0, 0.1) is 0 Å². The molecule has 1 aromatic heterocycles. The monoisotopic (exact) mass is 287 g/mol. The molecule has 1 aliphatic rings. The molecule has 6 nitrogen and oxygen atoms in total. The van der Waals surface area contributed by atoms with Crippen LogP contribution in [-0.4, -0.2) is 22.1 Å². The summed E-state index contributed by atoms with van der Waals surface area (Å²) >= 11 is 0. The van der Waals surface area contributed by atoms with Crippen LogP contribution in [0.4, 0.5) is 0 Å². The highest BCUT2D eigenvalue weighted by atomic mass is 16.5. The zero-order valence-corrected chi connectivity index (χ0v) is 11.9. The Kier molecular flexibility index (Phi) is 4.01. The molecule has 0 bridgehead atoms. The highest BCUT2D eigenvalue weighted by Gasteiger charge is 2.21. The van der Waals surface area contributed by atoms with E-state index in [1.165, 1.54) is 0 Å². The number of aromatic nitrogens is 2. The van der Waals surface area contributed by atoms with E-state index in [2.05, 4.69) is 9.97 Å². The molecule has 1 fully saturated rings. The average molecular weight is 287 g/mol. The minimum Gasteiger partial charge on any atom is -0.488 e. The van der Waals surface area contributed by atoms with Crippen molar-refractivity contribution in [2.75, 3.05) is 0 Å². The number of hydrogen-bond acceptors (Lipinski definition) is 6. The third-order valence-electron chi connectivity index (χ3n) is 3.90. The van der Waals surface area contributed by atoms with Crippen LogP contribution in [-0.2, 0) is 0 Å². The smallest absolute Gasteiger partial charge is 0.160 e. The van der Waals surface area contributed by atoms with Crippen molar-refractivity contribution >= 4 is 10.9 Å². The lowest BCUT2D eigenvalue weighted by atomic mass is 9.94. The normalized spacial score (nSPS) is 22.7. The molecule has 0 atom stereocenters. The van der Waals surface area contributed by atoms with Crippen molar-refractivity contribution in [3.8, 4) is 5.75 Å². The molecule has 21 heavy (non-hydrogen) atoms. The van der Waals surface area contributed by atoms with Crippen LogP contribution in [0.5, 0.6) is 5.75 Å². The van der Waals surface area contributed by atoms with Gasteiger partial charge < -0.3 is 21.9 Å². The average Bonchev–Trinajstić information content (AvgIpc) is 2.49. The third-order valence-corrected chi connectivity index (χ3v) is 3.90. The maximum absolute atomic E-state index is 6.12. The summed E-state index contributed by atoms with van der Waals surface area (Å²) in [7, 11) is 0. The summed E-state index contributed by atoms with van der Waals surface area (Å²) in [5.74, 6) is 1.18. The summed E-state index contributed by atoms with van der Waals surface area (Å²) in [4.78, 5) is 8.62. The number of nitrogens with two attached hydrogens (primary N) is 3. The van der Waals surface area contributed by atoms with E-state index in [1.807, 2.05) is 18.2 Å². The Morgan fingerprint density at radius 1 is 1.14 bits per heavy atom. The molecule has 0 saturated heterocycles. The van der Waals surface area contributed by atoms with Crippen molar-refractivity contribution in [3.63, 3.8) is 0 Å². The van der Waals surface area contributed by atoms with Gasteiger partial charge in [-0.2, -0.15) is 0 Å². The number of nitrogens with zero attached hydrogens (tertiary/aromatic N) is 2. The van der Waals surface area contributed by atoms with Gasteiger partial charge in [-0.3, -0.25) is 0 Å². The first kappa shape index (κ1) is 14.2. The fourth-order valence-corrected chi connectivity index (χ4v) is 2.68. The van der Waals surface area contributed by atoms with Crippen molar-refractivity contribution in [1.29, 1.82) is 0 Å². The molecule has 0 unspecified atom stereocenters. The summed E-state index contributed by atoms with van der Waals surface area (Å²) < 4.78 is 6.12. The number of benzene rings is 1. The fourth-order valence-electron chi connectivity index (χ4n) is 2.68. The molecule has 1 saturated carbocycles. The molecule has 0 amide bonds. The van der Waals surface area contributed by atoms with Gasteiger partial charge in [-0.25, -0.2) is 9.97 Å². The van der Waals surface area contributed by atoms with Gasteiger partial charge in [0.25, 0.3) is 0 Å². The first-order valence-electron chi connectivity index (χ1n) is 7.32. The van der Waals surface area contributed by atoms with Crippen LogP contribution >= 0.6 is 0 Å². The molecule has 0 spiro atoms. The lowest BCUT2D eigenvalue weighted by Gasteiger charge is -2.27. The first-order chi connectivity index (χ1) is 10.1. The van der Waals surface area contributed by atoms with Gasteiger partial charge in [0.15, 0.2) is 5.82 Å². The molecule has 3 rings (SSSR count). The van der Waals surface area contributed by atoms with E-state index < -0.39 is 6.17 Å². The predicted octanol–water partition coefficient (Wildman–Crippen LogP) is 1.19. The van der Waals surface area contributed by atoms with Gasteiger partial charge in [-0.05, 0) is 31.7 Å². The van der Waals surface area contributed by atoms with Crippen LogP contribution < -0.4 is 21.9 Å².